The maximum atomic E-state index is 13.3. The molecular formula is C18H21FN2O5S2. The zero-order valence-electron chi connectivity index (χ0n) is 15.4. The Morgan fingerprint density at radius 2 is 1.79 bits per heavy atom. The molecule has 152 valence electrons. The summed E-state index contributed by atoms with van der Waals surface area (Å²) in [6, 6.07) is 9.53. The van der Waals surface area contributed by atoms with Crippen molar-refractivity contribution in [2.45, 2.75) is 18.2 Å². The van der Waals surface area contributed by atoms with Crippen LogP contribution < -0.4 is 10.0 Å². The summed E-state index contributed by atoms with van der Waals surface area (Å²) in [7, 11) is -7.06. The van der Waals surface area contributed by atoms with Crippen molar-refractivity contribution in [1.82, 2.24) is 4.72 Å². The van der Waals surface area contributed by atoms with E-state index in [9.17, 15) is 26.0 Å². The molecule has 0 aliphatic heterocycles. The molecule has 0 aromatic heterocycles. The number of hydrogen-bond donors (Lipinski definition) is 2. The predicted octanol–water partition coefficient (Wildman–Crippen LogP) is 2.10. The molecule has 0 spiro atoms. The van der Waals surface area contributed by atoms with Gasteiger partial charge in [-0.1, -0.05) is 6.07 Å². The maximum absolute atomic E-state index is 13.3. The molecule has 0 saturated carbocycles. The molecule has 2 N–H and O–H groups in total. The van der Waals surface area contributed by atoms with E-state index in [0.717, 1.165) is 6.26 Å². The fraction of sp³-hybridized carbons (Fsp3) is 0.278. The zero-order valence-corrected chi connectivity index (χ0v) is 17.0. The molecule has 0 atom stereocenters. The highest BCUT2D eigenvalue weighted by Gasteiger charge is 2.16. The molecule has 0 unspecified atom stereocenters. The number of rotatable bonds is 8. The van der Waals surface area contributed by atoms with Crippen LogP contribution in [0.2, 0.25) is 0 Å². The number of halogens is 1. The molecule has 28 heavy (non-hydrogen) atoms. The number of carbonyl (C=O) groups is 1. The van der Waals surface area contributed by atoms with E-state index < -0.39 is 31.6 Å². The molecule has 0 aliphatic carbocycles. The van der Waals surface area contributed by atoms with Crippen LogP contribution >= 0.6 is 0 Å². The third kappa shape index (κ3) is 6.39. The summed E-state index contributed by atoms with van der Waals surface area (Å²) < 4.78 is 62.5. The summed E-state index contributed by atoms with van der Waals surface area (Å²) in [5, 5.41) is 2.59. The monoisotopic (exact) mass is 428 g/mol. The Morgan fingerprint density at radius 1 is 1.07 bits per heavy atom. The standard InChI is InChI=1S/C18H21FN2O5S2/c1-13-11-15(7-8-17(13)19)21-18(22)14-5-3-6-16(12-14)28(25,26)20-9-4-10-27(2,23)24/h3,5-8,11-12,20H,4,9-10H2,1-2H3,(H,21,22). The van der Waals surface area contributed by atoms with Gasteiger partial charge < -0.3 is 5.32 Å². The van der Waals surface area contributed by atoms with Crippen molar-refractivity contribution in [3.8, 4) is 0 Å². The number of carbonyl (C=O) groups excluding carboxylic acids is 1. The van der Waals surface area contributed by atoms with Gasteiger partial charge >= 0.3 is 0 Å². The normalized spacial score (nSPS) is 12.0. The molecule has 2 aromatic rings. The Balaban J connectivity index is 2.09. The third-order valence-electron chi connectivity index (χ3n) is 3.81. The molecule has 2 rings (SSSR count). The molecule has 0 heterocycles. The minimum atomic E-state index is -3.89. The van der Waals surface area contributed by atoms with Gasteiger partial charge in [0.25, 0.3) is 5.91 Å². The molecule has 0 saturated heterocycles. The van der Waals surface area contributed by atoms with Gasteiger partial charge in [-0.2, -0.15) is 0 Å². The van der Waals surface area contributed by atoms with Crippen LogP contribution in [0.3, 0.4) is 0 Å². The number of aryl methyl sites for hydroxylation is 1. The highest BCUT2D eigenvalue weighted by Crippen LogP contribution is 2.16. The summed E-state index contributed by atoms with van der Waals surface area (Å²) >= 11 is 0. The second kappa shape index (κ2) is 8.80. The lowest BCUT2D eigenvalue weighted by Crippen LogP contribution is -2.26. The first kappa shape index (κ1) is 22.0. The first-order valence-corrected chi connectivity index (χ1v) is 11.9. The summed E-state index contributed by atoms with van der Waals surface area (Å²) in [5.41, 5.74) is 0.865. The van der Waals surface area contributed by atoms with E-state index in [4.69, 9.17) is 0 Å². The smallest absolute Gasteiger partial charge is 0.255 e. The summed E-state index contributed by atoms with van der Waals surface area (Å²) in [4.78, 5) is 12.3. The van der Waals surface area contributed by atoms with E-state index in [2.05, 4.69) is 10.0 Å². The van der Waals surface area contributed by atoms with Gasteiger partial charge in [0.15, 0.2) is 0 Å². The summed E-state index contributed by atoms with van der Waals surface area (Å²) in [6.45, 7) is 1.52. The van der Waals surface area contributed by atoms with Gasteiger partial charge in [0.1, 0.15) is 15.7 Å². The Hall–Kier alpha value is -2.30. The van der Waals surface area contributed by atoms with Crippen molar-refractivity contribution in [2.75, 3.05) is 23.9 Å². The first-order valence-electron chi connectivity index (χ1n) is 8.33. The lowest BCUT2D eigenvalue weighted by molar-refractivity contribution is 0.102. The van der Waals surface area contributed by atoms with Crippen molar-refractivity contribution in [3.63, 3.8) is 0 Å². The number of benzene rings is 2. The SMILES string of the molecule is Cc1cc(NC(=O)c2cccc(S(=O)(=O)NCCCS(C)(=O)=O)c2)ccc1F. The van der Waals surface area contributed by atoms with Crippen LogP contribution in [0.25, 0.3) is 0 Å². The lowest BCUT2D eigenvalue weighted by atomic mass is 10.2. The number of amides is 1. The van der Waals surface area contributed by atoms with Gasteiger partial charge in [-0.05, 0) is 55.3 Å². The van der Waals surface area contributed by atoms with Gasteiger partial charge in [0, 0.05) is 24.1 Å². The van der Waals surface area contributed by atoms with Gasteiger partial charge in [0.2, 0.25) is 10.0 Å². The largest absolute Gasteiger partial charge is 0.322 e. The molecule has 2 aromatic carbocycles. The minimum Gasteiger partial charge on any atom is -0.322 e. The molecule has 10 heteroatoms. The van der Waals surface area contributed by atoms with E-state index in [1.54, 1.807) is 6.92 Å². The molecule has 1 amide bonds. The Morgan fingerprint density at radius 3 is 2.43 bits per heavy atom. The topological polar surface area (TPSA) is 109 Å². The summed E-state index contributed by atoms with van der Waals surface area (Å²) in [6.07, 6.45) is 1.22. The molecule has 0 aliphatic rings. The number of nitrogens with one attached hydrogen (secondary N) is 2. The minimum absolute atomic E-state index is 0.0410. The Labute approximate surface area is 163 Å². The van der Waals surface area contributed by atoms with E-state index in [-0.39, 0.29) is 29.2 Å². The van der Waals surface area contributed by atoms with Crippen LogP contribution in [-0.2, 0) is 19.9 Å². The average molecular weight is 429 g/mol. The van der Waals surface area contributed by atoms with Crippen molar-refractivity contribution < 1.29 is 26.0 Å². The Kier molecular flexibility index (Phi) is 6.91. The average Bonchev–Trinajstić information content (AvgIpc) is 2.61. The van der Waals surface area contributed by atoms with Crippen molar-refractivity contribution in [2.24, 2.45) is 0 Å². The van der Waals surface area contributed by atoms with Crippen LogP contribution in [0.4, 0.5) is 10.1 Å². The lowest BCUT2D eigenvalue weighted by Gasteiger charge is -2.09. The van der Waals surface area contributed by atoms with Gasteiger partial charge in [-0.15, -0.1) is 0 Å². The van der Waals surface area contributed by atoms with Crippen molar-refractivity contribution in [3.05, 3.63) is 59.4 Å². The fourth-order valence-corrected chi connectivity index (χ4v) is 4.14. The molecule has 0 radical (unpaired) electrons. The second-order valence-electron chi connectivity index (χ2n) is 6.33. The van der Waals surface area contributed by atoms with Crippen LogP contribution in [-0.4, -0.2) is 41.3 Å². The van der Waals surface area contributed by atoms with Crippen molar-refractivity contribution in [1.29, 1.82) is 0 Å². The highest BCUT2D eigenvalue weighted by molar-refractivity contribution is 7.90. The van der Waals surface area contributed by atoms with Crippen LogP contribution in [0.5, 0.6) is 0 Å². The zero-order chi connectivity index (χ0) is 20.9. The quantitative estimate of drug-likeness (QED) is 0.626. The number of sulfonamides is 1. The molecule has 7 nitrogen and oxygen atoms in total. The Bertz CT molecular complexity index is 1080. The van der Waals surface area contributed by atoms with Gasteiger partial charge in [-0.25, -0.2) is 25.9 Å². The first-order chi connectivity index (χ1) is 13.0. The van der Waals surface area contributed by atoms with E-state index >= 15 is 0 Å². The van der Waals surface area contributed by atoms with E-state index in [0.29, 0.717) is 11.3 Å². The van der Waals surface area contributed by atoms with E-state index in [1.807, 2.05) is 0 Å². The van der Waals surface area contributed by atoms with Crippen LogP contribution in [0.1, 0.15) is 22.3 Å². The predicted molar refractivity (Wildman–Crippen MR) is 105 cm³/mol. The van der Waals surface area contributed by atoms with Gasteiger partial charge in [-0.3, -0.25) is 4.79 Å². The number of hydrogen-bond acceptors (Lipinski definition) is 5. The fourth-order valence-electron chi connectivity index (χ4n) is 2.35. The maximum Gasteiger partial charge on any atom is 0.255 e. The van der Waals surface area contributed by atoms with Crippen LogP contribution in [0.15, 0.2) is 47.4 Å². The van der Waals surface area contributed by atoms with Gasteiger partial charge in [0.05, 0.1) is 10.6 Å². The molecule has 0 bridgehead atoms. The number of sulfone groups is 1. The summed E-state index contributed by atoms with van der Waals surface area (Å²) in [5.74, 6) is -1.07. The highest BCUT2D eigenvalue weighted by atomic mass is 32.2. The molecular weight excluding hydrogens is 407 g/mol. The third-order valence-corrected chi connectivity index (χ3v) is 6.30. The van der Waals surface area contributed by atoms with Crippen molar-refractivity contribution >= 4 is 31.5 Å². The molecule has 0 fully saturated rings. The van der Waals surface area contributed by atoms with E-state index in [1.165, 1.54) is 42.5 Å². The van der Waals surface area contributed by atoms with Crippen LogP contribution in [0, 0.1) is 12.7 Å². The second-order valence-corrected chi connectivity index (χ2v) is 10.4. The number of anilines is 1.